The molecule has 3 heteroatoms. The van der Waals surface area contributed by atoms with Gasteiger partial charge in [-0.25, -0.2) is 0 Å². The largest absolute Gasteiger partial charge is 0.489 e. The predicted molar refractivity (Wildman–Crippen MR) is 85.8 cm³/mol. The molecule has 0 heterocycles. The lowest BCUT2D eigenvalue weighted by Gasteiger charge is -2.25. The van der Waals surface area contributed by atoms with Gasteiger partial charge in [0, 0.05) is 17.6 Å². The van der Waals surface area contributed by atoms with Gasteiger partial charge < -0.3 is 10.1 Å². The molecule has 0 spiro atoms. The van der Waals surface area contributed by atoms with Crippen molar-refractivity contribution in [2.45, 2.75) is 64.5 Å². The molecule has 1 atom stereocenters. The number of nitrogens with one attached hydrogen (secondary N) is 1. The Morgan fingerprint density at radius 3 is 2.75 bits per heavy atom. The highest BCUT2D eigenvalue weighted by Gasteiger charge is 2.14. The van der Waals surface area contributed by atoms with Gasteiger partial charge in [-0.3, -0.25) is 0 Å². The first-order valence-corrected chi connectivity index (χ1v) is 8.25. The molecule has 0 radical (unpaired) electrons. The molecule has 1 fully saturated rings. The topological polar surface area (TPSA) is 21.3 Å². The Labute approximate surface area is 127 Å². The zero-order valence-electron chi connectivity index (χ0n) is 12.6. The Morgan fingerprint density at radius 2 is 2.05 bits per heavy atom. The second-order valence-electron chi connectivity index (χ2n) is 5.78. The van der Waals surface area contributed by atoms with Crippen molar-refractivity contribution in [1.82, 2.24) is 5.32 Å². The highest BCUT2D eigenvalue weighted by molar-refractivity contribution is 6.31. The lowest BCUT2D eigenvalue weighted by atomic mass is 9.95. The summed E-state index contributed by atoms with van der Waals surface area (Å²) in [5.74, 6) is 0.921. The minimum absolute atomic E-state index is 0.183. The number of halogens is 1. The van der Waals surface area contributed by atoms with Crippen LogP contribution < -0.4 is 10.1 Å². The molecule has 1 aromatic rings. The molecule has 0 amide bonds. The summed E-state index contributed by atoms with van der Waals surface area (Å²) in [6.07, 6.45) is 7.87. The first-order valence-electron chi connectivity index (χ1n) is 7.87. The predicted octanol–water partition coefficient (Wildman–Crippen LogP) is 4.59. The van der Waals surface area contributed by atoms with Gasteiger partial charge in [-0.1, -0.05) is 37.8 Å². The minimum atomic E-state index is 0.183. The first kappa shape index (κ1) is 15.7. The van der Waals surface area contributed by atoms with E-state index < -0.39 is 0 Å². The van der Waals surface area contributed by atoms with E-state index in [4.69, 9.17) is 16.3 Å². The fourth-order valence-corrected chi connectivity index (χ4v) is 3.06. The summed E-state index contributed by atoms with van der Waals surface area (Å²) in [5, 5.41) is 4.46. The van der Waals surface area contributed by atoms with E-state index in [1.807, 2.05) is 12.1 Å². The SMILES string of the molecule is CCc1cc(OC(C)CNC2CCCCC2)ccc1Cl. The molecule has 2 nitrogen and oxygen atoms in total. The van der Waals surface area contributed by atoms with Crippen molar-refractivity contribution in [2.24, 2.45) is 0 Å². The van der Waals surface area contributed by atoms with Crippen LogP contribution in [0, 0.1) is 0 Å². The number of hydrogen-bond acceptors (Lipinski definition) is 2. The monoisotopic (exact) mass is 295 g/mol. The molecular weight excluding hydrogens is 270 g/mol. The van der Waals surface area contributed by atoms with Crippen molar-refractivity contribution in [2.75, 3.05) is 6.54 Å². The number of rotatable bonds is 6. The second-order valence-corrected chi connectivity index (χ2v) is 6.19. The number of benzene rings is 1. The fraction of sp³-hybridized carbons (Fsp3) is 0.647. The molecule has 1 N–H and O–H groups in total. The average Bonchev–Trinajstić information content (AvgIpc) is 2.48. The molecule has 1 unspecified atom stereocenters. The van der Waals surface area contributed by atoms with Crippen LogP contribution >= 0.6 is 11.6 Å². The van der Waals surface area contributed by atoms with Crippen molar-refractivity contribution >= 4 is 11.6 Å². The summed E-state index contributed by atoms with van der Waals surface area (Å²) in [4.78, 5) is 0. The highest BCUT2D eigenvalue weighted by atomic mass is 35.5. The molecule has 112 valence electrons. The summed E-state index contributed by atoms with van der Waals surface area (Å²) >= 11 is 6.13. The van der Waals surface area contributed by atoms with Gasteiger partial charge in [0.1, 0.15) is 11.9 Å². The van der Waals surface area contributed by atoms with Gasteiger partial charge in [-0.15, -0.1) is 0 Å². The molecule has 0 aromatic heterocycles. The Bertz CT molecular complexity index is 415. The van der Waals surface area contributed by atoms with Crippen LogP contribution in [-0.2, 0) is 6.42 Å². The molecule has 0 bridgehead atoms. The van der Waals surface area contributed by atoms with E-state index in [0.717, 1.165) is 29.3 Å². The maximum Gasteiger partial charge on any atom is 0.120 e. The minimum Gasteiger partial charge on any atom is -0.489 e. The molecule has 0 saturated heterocycles. The lowest BCUT2D eigenvalue weighted by molar-refractivity contribution is 0.205. The van der Waals surface area contributed by atoms with Crippen molar-refractivity contribution < 1.29 is 4.74 Å². The molecule has 20 heavy (non-hydrogen) atoms. The van der Waals surface area contributed by atoms with E-state index in [2.05, 4.69) is 25.2 Å². The Kier molecular flexibility index (Phi) is 6.18. The van der Waals surface area contributed by atoms with Gasteiger partial charge in [0.25, 0.3) is 0 Å². The van der Waals surface area contributed by atoms with E-state index in [9.17, 15) is 0 Å². The van der Waals surface area contributed by atoms with Crippen LogP contribution in [0.4, 0.5) is 0 Å². The fourth-order valence-electron chi connectivity index (χ4n) is 2.81. The molecule has 0 aliphatic heterocycles. The van der Waals surface area contributed by atoms with Crippen molar-refractivity contribution in [1.29, 1.82) is 0 Å². The first-order chi connectivity index (χ1) is 9.69. The lowest BCUT2D eigenvalue weighted by Crippen LogP contribution is -2.37. The van der Waals surface area contributed by atoms with Gasteiger partial charge in [-0.05, 0) is 49.9 Å². The van der Waals surface area contributed by atoms with Crippen LogP contribution in [-0.4, -0.2) is 18.7 Å². The van der Waals surface area contributed by atoms with Crippen molar-refractivity contribution in [3.05, 3.63) is 28.8 Å². The molecule has 1 aliphatic carbocycles. The Hall–Kier alpha value is -0.730. The third-order valence-corrected chi connectivity index (χ3v) is 4.40. The third-order valence-electron chi connectivity index (χ3n) is 4.03. The van der Waals surface area contributed by atoms with Crippen LogP contribution in [0.25, 0.3) is 0 Å². The van der Waals surface area contributed by atoms with E-state index in [1.165, 1.54) is 32.1 Å². The van der Waals surface area contributed by atoms with Crippen LogP contribution in [0.2, 0.25) is 5.02 Å². The Balaban J connectivity index is 1.79. The normalized spacial score (nSPS) is 17.9. The second kappa shape index (κ2) is 7.90. The maximum absolute atomic E-state index is 6.13. The number of aryl methyl sites for hydroxylation is 1. The highest BCUT2D eigenvalue weighted by Crippen LogP contribution is 2.23. The van der Waals surface area contributed by atoms with Gasteiger partial charge in [0.15, 0.2) is 0 Å². The number of hydrogen-bond donors (Lipinski definition) is 1. The average molecular weight is 296 g/mol. The zero-order chi connectivity index (χ0) is 14.4. The van der Waals surface area contributed by atoms with Crippen LogP contribution in [0.15, 0.2) is 18.2 Å². The van der Waals surface area contributed by atoms with E-state index in [0.29, 0.717) is 6.04 Å². The van der Waals surface area contributed by atoms with Gasteiger partial charge in [-0.2, -0.15) is 0 Å². The van der Waals surface area contributed by atoms with Crippen molar-refractivity contribution in [3.63, 3.8) is 0 Å². The quantitative estimate of drug-likeness (QED) is 0.828. The summed E-state index contributed by atoms with van der Waals surface area (Å²) < 4.78 is 5.98. The van der Waals surface area contributed by atoms with Crippen LogP contribution in [0.5, 0.6) is 5.75 Å². The van der Waals surface area contributed by atoms with Crippen molar-refractivity contribution in [3.8, 4) is 5.75 Å². The molecule has 1 aromatic carbocycles. The molecular formula is C17H26ClNO. The van der Waals surface area contributed by atoms with Gasteiger partial charge in [0.05, 0.1) is 0 Å². The van der Waals surface area contributed by atoms with Crippen LogP contribution in [0.3, 0.4) is 0 Å². The standard InChI is InChI=1S/C17H26ClNO/c1-3-14-11-16(9-10-17(14)18)20-13(2)12-19-15-7-5-4-6-8-15/h9-11,13,15,19H,3-8,12H2,1-2H3. The summed E-state index contributed by atoms with van der Waals surface area (Å²) in [7, 11) is 0. The number of ether oxygens (including phenoxy) is 1. The van der Waals surface area contributed by atoms with Crippen LogP contribution in [0.1, 0.15) is 51.5 Å². The summed E-state index contributed by atoms with van der Waals surface area (Å²) in [5.41, 5.74) is 1.15. The van der Waals surface area contributed by atoms with E-state index in [1.54, 1.807) is 0 Å². The van der Waals surface area contributed by atoms with Gasteiger partial charge >= 0.3 is 0 Å². The van der Waals surface area contributed by atoms with E-state index >= 15 is 0 Å². The molecule has 2 rings (SSSR count). The Morgan fingerprint density at radius 1 is 1.30 bits per heavy atom. The third kappa shape index (κ3) is 4.68. The summed E-state index contributed by atoms with van der Waals surface area (Å²) in [6, 6.07) is 6.63. The zero-order valence-corrected chi connectivity index (χ0v) is 13.4. The summed E-state index contributed by atoms with van der Waals surface area (Å²) in [6.45, 7) is 5.14. The molecule has 1 aliphatic rings. The van der Waals surface area contributed by atoms with Gasteiger partial charge in [0.2, 0.25) is 0 Å². The smallest absolute Gasteiger partial charge is 0.120 e. The maximum atomic E-state index is 6.13. The molecule has 1 saturated carbocycles. The van der Waals surface area contributed by atoms with E-state index in [-0.39, 0.29) is 6.10 Å².